The zero-order valence-corrected chi connectivity index (χ0v) is 12.1. The molecule has 2 aromatic carbocycles. The lowest BCUT2D eigenvalue weighted by molar-refractivity contribution is 0.491. The molecule has 1 aliphatic rings. The lowest BCUT2D eigenvalue weighted by Crippen LogP contribution is -2.15. The van der Waals surface area contributed by atoms with Gasteiger partial charge in [-0.15, -0.1) is 0 Å². The summed E-state index contributed by atoms with van der Waals surface area (Å²) in [5.74, 6) is -0.163. The zero-order valence-electron chi connectivity index (χ0n) is 10.5. The van der Waals surface area contributed by atoms with Gasteiger partial charge in [-0.3, -0.25) is 9.11 Å². The van der Waals surface area contributed by atoms with Gasteiger partial charge < -0.3 is 0 Å². The summed E-state index contributed by atoms with van der Waals surface area (Å²) in [4.78, 5) is 0.557. The van der Waals surface area contributed by atoms with Crippen LogP contribution in [-0.2, 0) is 9.84 Å². The Hall–Kier alpha value is -1.34. The van der Waals surface area contributed by atoms with Crippen LogP contribution in [0.1, 0.15) is 10.8 Å². The third-order valence-corrected chi connectivity index (χ3v) is 7.63. The molecule has 2 N–H and O–H groups in total. The Labute approximate surface area is 119 Å². The predicted molar refractivity (Wildman–Crippen MR) is 78.8 cm³/mol. The van der Waals surface area contributed by atoms with Gasteiger partial charge in [-0.2, -0.15) is 10.6 Å². The second-order valence-electron chi connectivity index (χ2n) is 4.72. The van der Waals surface area contributed by atoms with E-state index < -0.39 is 25.7 Å². The number of hydrogen-bond acceptors (Lipinski definition) is 4. The minimum absolute atomic E-state index is 0.163. The predicted octanol–water partition coefficient (Wildman–Crippen LogP) is 3.32. The van der Waals surface area contributed by atoms with Crippen molar-refractivity contribution in [2.45, 2.75) is 15.0 Å². The Morgan fingerprint density at radius 1 is 0.950 bits per heavy atom. The molecule has 1 heterocycles. The Morgan fingerprint density at radius 2 is 1.55 bits per heavy atom. The summed E-state index contributed by atoms with van der Waals surface area (Å²) in [6, 6.07) is 14.8. The monoisotopic (exact) mass is 310 g/mol. The molecule has 4 nitrogen and oxygen atoms in total. The van der Waals surface area contributed by atoms with Crippen molar-refractivity contribution in [3.05, 3.63) is 60.2 Å². The van der Waals surface area contributed by atoms with Gasteiger partial charge in [-0.1, -0.05) is 36.4 Å². The van der Waals surface area contributed by atoms with E-state index in [1.165, 1.54) is 12.1 Å². The fourth-order valence-electron chi connectivity index (χ4n) is 2.47. The van der Waals surface area contributed by atoms with Crippen LogP contribution in [0.4, 0.5) is 0 Å². The molecule has 0 saturated heterocycles. The Kier molecular flexibility index (Phi) is 3.13. The molecule has 1 atom stereocenters. The summed E-state index contributed by atoms with van der Waals surface area (Å²) >= 11 is 0. The fraction of sp³-hybridized carbons (Fsp3) is 0.143. The van der Waals surface area contributed by atoms with Gasteiger partial charge in [0, 0.05) is 0 Å². The minimum atomic E-state index is -3.62. The van der Waals surface area contributed by atoms with Gasteiger partial charge in [0.05, 0.1) is 15.5 Å². The number of hydrogen-bond donors (Lipinski definition) is 2. The summed E-state index contributed by atoms with van der Waals surface area (Å²) in [6.07, 6.45) is 0. The van der Waals surface area contributed by atoms with Crippen LogP contribution >= 0.6 is 10.6 Å². The number of rotatable bonds is 2. The van der Waals surface area contributed by atoms with Crippen LogP contribution in [0.3, 0.4) is 0 Å². The van der Waals surface area contributed by atoms with E-state index in [4.69, 9.17) is 0 Å². The average Bonchev–Trinajstić information content (AvgIpc) is 2.73. The van der Waals surface area contributed by atoms with Crippen LogP contribution in [0.5, 0.6) is 0 Å². The van der Waals surface area contributed by atoms with Crippen molar-refractivity contribution in [3.63, 3.8) is 0 Å². The van der Waals surface area contributed by atoms with Crippen LogP contribution in [0.15, 0.2) is 64.4 Å². The molecule has 3 rings (SSSR count). The summed E-state index contributed by atoms with van der Waals surface area (Å²) in [7, 11) is -6.65. The maximum atomic E-state index is 12.7. The number of fused-ring (bicyclic) bond motifs is 1. The first kappa shape index (κ1) is 13.6. The van der Waals surface area contributed by atoms with Crippen molar-refractivity contribution in [1.29, 1.82) is 0 Å². The Bertz CT molecular complexity index is 739. The SMILES string of the molecule is O=S(=O)(c1ccccc1)C1CS(O)(O)c2ccccc21. The van der Waals surface area contributed by atoms with Crippen molar-refractivity contribution in [2.75, 3.05) is 5.75 Å². The standard InChI is InChI=1S/C14H14O4S2/c15-19(16)10-14(12-8-4-5-9-13(12)19)20(17,18)11-6-2-1-3-7-11/h1-9,14-16H,10H2. The maximum Gasteiger partial charge on any atom is 0.187 e. The van der Waals surface area contributed by atoms with Crippen LogP contribution in [0.2, 0.25) is 0 Å². The highest BCUT2D eigenvalue weighted by molar-refractivity contribution is 8.25. The van der Waals surface area contributed by atoms with E-state index in [2.05, 4.69) is 0 Å². The first-order valence-corrected chi connectivity index (χ1v) is 9.33. The van der Waals surface area contributed by atoms with Crippen LogP contribution < -0.4 is 0 Å². The molecule has 0 fully saturated rings. The molecule has 0 amide bonds. The van der Waals surface area contributed by atoms with Crippen molar-refractivity contribution in [3.8, 4) is 0 Å². The molecule has 0 spiro atoms. The van der Waals surface area contributed by atoms with E-state index in [0.29, 0.717) is 10.5 Å². The van der Waals surface area contributed by atoms with Crippen molar-refractivity contribution in [1.82, 2.24) is 0 Å². The topological polar surface area (TPSA) is 74.6 Å². The van der Waals surface area contributed by atoms with Crippen LogP contribution in [0, 0.1) is 0 Å². The maximum absolute atomic E-state index is 12.7. The molecule has 0 aliphatic carbocycles. The van der Waals surface area contributed by atoms with E-state index in [0.717, 1.165) is 0 Å². The molecule has 20 heavy (non-hydrogen) atoms. The van der Waals surface area contributed by atoms with Crippen molar-refractivity contribution >= 4 is 20.4 Å². The highest BCUT2D eigenvalue weighted by atomic mass is 32.3. The summed E-state index contributed by atoms with van der Waals surface area (Å²) in [6.45, 7) is 0. The highest BCUT2D eigenvalue weighted by Gasteiger charge is 2.42. The molecule has 2 aromatic rings. The van der Waals surface area contributed by atoms with E-state index in [-0.39, 0.29) is 10.6 Å². The van der Waals surface area contributed by atoms with E-state index in [1.54, 1.807) is 42.5 Å². The van der Waals surface area contributed by atoms with Gasteiger partial charge in [-0.25, -0.2) is 8.42 Å². The third-order valence-electron chi connectivity index (χ3n) is 3.45. The fourth-order valence-corrected chi connectivity index (χ4v) is 6.90. The number of sulfone groups is 1. The smallest absolute Gasteiger partial charge is 0.187 e. The van der Waals surface area contributed by atoms with Gasteiger partial charge in [0.2, 0.25) is 0 Å². The molecule has 0 aromatic heterocycles. The second kappa shape index (κ2) is 4.60. The molecule has 0 saturated carbocycles. The van der Waals surface area contributed by atoms with Crippen molar-refractivity contribution < 1.29 is 17.5 Å². The molecule has 0 radical (unpaired) electrons. The third kappa shape index (κ3) is 2.05. The van der Waals surface area contributed by atoms with Gasteiger partial charge >= 0.3 is 0 Å². The van der Waals surface area contributed by atoms with Gasteiger partial charge in [-0.05, 0) is 23.8 Å². The van der Waals surface area contributed by atoms with Gasteiger partial charge in [0.25, 0.3) is 0 Å². The lowest BCUT2D eigenvalue weighted by atomic mass is 10.2. The molecular formula is C14H14O4S2. The largest absolute Gasteiger partial charge is 0.295 e. The Balaban J connectivity index is 2.14. The molecule has 1 unspecified atom stereocenters. The molecule has 0 bridgehead atoms. The first-order valence-electron chi connectivity index (χ1n) is 6.07. The normalized spacial score (nSPS) is 22.2. The molecular weight excluding hydrogens is 296 g/mol. The Morgan fingerprint density at radius 3 is 2.25 bits per heavy atom. The first-order chi connectivity index (χ1) is 9.43. The van der Waals surface area contributed by atoms with Gasteiger partial charge in [0.1, 0.15) is 5.25 Å². The second-order valence-corrected chi connectivity index (χ2v) is 8.96. The number of benzene rings is 2. The summed E-state index contributed by atoms with van der Waals surface area (Å²) < 4.78 is 45.6. The van der Waals surface area contributed by atoms with Crippen molar-refractivity contribution in [2.24, 2.45) is 0 Å². The molecule has 6 heteroatoms. The van der Waals surface area contributed by atoms with Crippen LogP contribution in [-0.4, -0.2) is 23.3 Å². The molecule has 106 valence electrons. The lowest BCUT2D eigenvalue weighted by Gasteiger charge is -2.27. The summed E-state index contributed by atoms with van der Waals surface area (Å²) in [5.41, 5.74) is 0.497. The van der Waals surface area contributed by atoms with Crippen LogP contribution in [0.25, 0.3) is 0 Å². The molecule has 1 aliphatic heterocycles. The van der Waals surface area contributed by atoms with E-state index in [1.807, 2.05) is 0 Å². The average molecular weight is 310 g/mol. The van der Waals surface area contributed by atoms with E-state index in [9.17, 15) is 17.5 Å². The minimum Gasteiger partial charge on any atom is -0.295 e. The van der Waals surface area contributed by atoms with E-state index >= 15 is 0 Å². The highest BCUT2D eigenvalue weighted by Crippen LogP contribution is 2.61. The zero-order chi connectivity index (χ0) is 14.4. The summed E-state index contributed by atoms with van der Waals surface area (Å²) in [5, 5.41) is -0.897. The van der Waals surface area contributed by atoms with Gasteiger partial charge in [0.15, 0.2) is 9.84 Å². The quantitative estimate of drug-likeness (QED) is 0.892.